The molecule has 3 nitrogen and oxygen atoms in total. The Labute approximate surface area is 108 Å². The first-order chi connectivity index (χ1) is 7.04. The summed E-state index contributed by atoms with van der Waals surface area (Å²) < 4.78 is 0.961. The Bertz CT molecular complexity index is 435. The van der Waals surface area contributed by atoms with Crippen LogP contribution in [-0.4, -0.2) is 25.3 Å². The van der Waals surface area contributed by atoms with Gasteiger partial charge < -0.3 is 4.90 Å². The van der Waals surface area contributed by atoms with Crippen LogP contribution in [0, 0.1) is 14.9 Å². The van der Waals surface area contributed by atoms with Crippen LogP contribution in [0.15, 0.2) is 17.1 Å². The first-order valence-corrected chi connectivity index (χ1v) is 5.60. The van der Waals surface area contributed by atoms with E-state index in [9.17, 15) is 0 Å². The van der Waals surface area contributed by atoms with E-state index >= 15 is 0 Å². The summed E-state index contributed by atoms with van der Waals surface area (Å²) in [6.45, 7) is 0. The number of aliphatic imine (C=N–C) groups is 1. The first-order valence-electron chi connectivity index (χ1n) is 4.14. The van der Waals surface area contributed by atoms with Crippen LogP contribution in [-0.2, 0) is 0 Å². The van der Waals surface area contributed by atoms with Crippen LogP contribution in [0.5, 0.6) is 0 Å². The largest absolute Gasteiger partial charge is 0.369 e. The van der Waals surface area contributed by atoms with Gasteiger partial charge in [-0.15, -0.1) is 0 Å². The summed E-state index contributed by atoms with van der Waals surface area (Å²) in [6, 6.07) is 5.62. The van der Waals surface area contributed by atoms with Crippen LogP contribution in [0.3, 0.4) is 0 Å². The quantitative estimate of drug-likeness (QED) is 0.474. The van der Waals surface area contributed by atoms with E-state index < -0.39 is 0 Å². The molecule has 15 heavy (non-hydrogen) atoms. The maximum atomic E-state index is 8.93. The molecule has 0 radical (unpaired) electrons. The van der Waals surface area contributed by atoms with E-state index in [4.69, 9.17) is 16.9 Å². The zero-order valence-electron chi connectivity index (χ0n) is 8.33. The molecular weight excluding hydrogens is 324 g/mol. The highest BCUT2D eigenvalue weighted by atomic mass is 127. The van der Waals surface area contributed by atoms with Crippen LogP contribution in [0.4, 0.5) is 5.69 Å². The van der Waals surface area contributed by atoms with E-state index in [-0.39, 0.29) is 0 Å². The highest BCUT2D eigenvalue weighted by molar-refractivity contribution is 14.1. The molecular formula is C10H9ClIN3. The Morgan fingerprint density at radius 2 is 2.20 bits per heavy atom. The minimum absolute atomic E-state index is 0.412. The van der Waals surface area contributed by atoms with Crippen LogP contribution in [0.25, 0.3) is 0 Å². The molecule has 5 heteroatoms. The van der Waals surface area contributed by atoms with E-state index in [2.05, 4.69) is 27.6 Å². The topological polar surface area (TPSA) is 39.4 Å². The lowest BCUT2D eigenvalue weighted by Crippen LogP contribution is -2.07. The Morgan fingerprint density at radius 1 is 1.53 bits per heavy atom. The van der Waals surface area contributed by atoms with Crippen molar-refractivity contribution in [1.29, 1.82) is 5.26 Å². The van der Waals surface area contributed by atoms with Gasteiger partial charge in [-0.2, -0.15) is 5.26 Å². The molecule has 0 aliphatic rings. The average Bonchev–Trinajstić information content (AvgIpc) is 2.13. The van der Waals surface area contributed by atoms with Gasteiger partial charge in [0, 0.05) is 17.7 Å². The molecule has 0 saturated carbocycles. The molecule has 0 unspecified atom stereocenters. The molecule has 0 atom stereocenters. The van der Waals surface area contributed by atoms with Crippen LogP contribution < -0.4 is 0 Å². The fraction of sp³-hybridized carbons (Fsp3) is 0.200. The minimum Gasteiger partial charge on any atom is -0.369 e. The van der Waals surface area contributed by atoms with Crippen molar-refractivity contribution in [2.75, 3.05) is 14.1 Å². The summed E-state index contributed by atoms with van der Waals surface area (Å²) in [5.74, 6) is 0. The van der Waals surface area contributed by atoms with Crippen molar-refractivity contribution in [2.45, 2.75) is 0 Å². The Kier molecular flexibility index (Phi) is 4.36. The summed E-state index contributed by atoms with van der Waals surface area (Å²) in [4.78, 5) is 5.99. The van der Waals surface area contributed by atoms with Crippen molar-refractivity contribution in [1.82, 2.24) is 4.90 Å². The van der Waals surface area contributed by atoms with Crippen molar-refractivity contribution >= 4 is 46.2 Å². The number of halogens is 2. The third-order valence-corrected chi connectivity index (χ3v) is 2.49. The predicted octanol–water partition coefficient (Wildman–Crippen LogP) is 3.04. The summed E-state index contributed by atoms with van der Waals surface area (Å²) in [7, 11) is 3.73. The van der Waals surface area contributed by atoms with E-state index in [1.165, 1.54) is 0 Å². The maximum Gasteiger partial charge on any atom is 0.103 e. The van der Waals surface area contributed by atoms with Crippen molar-refractivity contribution in [2.24, 2.45) is 4.99 Å². The summed E-state index contributed by atoms with van der Waals surface area (Å²) in [5, 5.41) is 9.37. The van der Waals surface area contributed by atoms with Gasteiger partial charge in [-0.25, -0.2) is 4.99 Å². The van der Waals surface area contributed by atoms with Gasteiger partial charge in [-0.3, -0.25) is 0 Å². The summed E-state index contributed by atoms with van der Waals surface area (Å²) in [6.07, 6.45) is 1.64. The van der Waals surface area contributed by atoms with E-state index in [0.717, 1.165) is 3.57 Å². The highest BCUT2D eigenvalue weighted by Crippen LogP contribution is 2.28. The number of hydrogen-bond donors (Lipinski definition) is 0. The van der Waals surface area contributed by atoms with Gasteiger partial charge in [-0.1, -0.05) is 11.6 Å². The highest BCUT2D eigenvalue weighted by Gasteiger charge is 2.07. The monoisotopic (exact) mass is 333 g/mol. The number of benzene rings is 1. The molecule has 0 aliphatic heterocycles. The standard InChI is InChI=1S/C10H9ClIN3/c1-15(2)6-14-10-4-7(12)3-9(11)8(10)5-13/h3-4,6H,1-2H3/b14-6-. The lowest BCUT2D eigenvalue weighted by atomic mass is 10.2. The summed E-state index contributed by atoms with van der Waals surface area (Å²) in [5.41, 5.74) is 1.01. The van der Waals surface area contributed by atoms with Crippen molar-refractivity contribution in [3.63, 3.8) is 0 Å². The Hall–Kier alpha value is -0.800. The van der Waals surface area contributed by atoms with Crippen molar-refractivity contribution in [3.05, 3.63) is 26.3 Å². The number of nitriles is 1. The van der Waals surface area contributed by atoms with E-state index in [0.29, 0.717) is 16.3 Å². The molecule has 0 aromatic heterocycles. The van der Waals surface area contributed by atoms with Crippen LogP contribution >= 0.6 is 34.2 Å². The molecule has 1 aromatic rings. The fourth-order valence-electron chi connectivity index (χ4n) is 0.950. The second kappa shape index (κ2) is 5.33. The minimum atomic E-state index is 0.412. The van der Waals surface area contributed by atoms with Gasteiger partial charge in [0.2, 0.25) is 0 Å². The van der Waals surface area contributed by atoms with Gasteiger partial charge in [-0.05, 0) is 34.7 Å². The van der Waals surface area contributed by atoms with Gasteiger partial charge in [0.05, 0.1) is 22.6 Å². The fourth-order valence-corrected chi connectivity index (χ4v) is 2.00. The van der Waals surface area contributed by atoms with Crippen molar-refractivity contribution < 1.29 is 0 Å². The van der Waals surface area contributed by atoms with Crippen molar-refractivity contribution in [3.8, 4) is 6.07 Å². The summed E-state index contributed by atoms with van der Waals surface area (Å²) >= 11 is 8.08. The predicted molar refractivity (Wildman–Crippen MR) is 70.7 cm³/mol. The van der Waals surface area contributed by atoms with Crippen LogP contribution in [0.1, 0.15) is 5.56 Å². The molecule has 1 rings (SSSR count). The lowest BCUT2D eigenvalue weighted by molar-refractivity contribution is 0.643. The van der Waals surface area contributed by atoms with Gasteiger partial charge in [0.25, 0.3) is 0 Å². The molecule has 1 aromatic carbocycles. The molecule has 78 valence electrons. The third kappa shape index (κ3) is 3.36. The van der Waals surface area contributed by atoms with E-state index in [1.54, 1.807) is 17.3 Å². The number of nitrogens with zero attached hydrogens (tertiary/aromatic N) is 3. The molecule has 0 heterocycles. The number of hydrogen-bond acceptors (Lipinski definition) is 2. The molecule has 0 N–H and O–H groups in total. The van der Waals surface area contributed by atoms with Crippen LogP contribution in [0.2, 0.25) is 5.02 Å². The normalized spacial score (nSPS) is 10.3. The maximum absolute atomic E-state index is 8.93. The SMILES string of the molecule is CN(C)/C=N\c1cc(I)cc(Cl)c1C#N. The molecule has 0 spiro atoms. The van der Waals surface area contributed by atoms with E-state index in [1.807, 2.05) is 26.2 Å². The first kappa shape index (κ1) is 12.3. The van der Waals surface area contributed by atoms with Gasteiger partial charge in [0.15, 0.2) is 0 Å². The second-order valence-corrected chi connectivity index (χ2v) is 4.75. The Morgan fingerprint density at radius 3 is 2.73 bits per heavy atom. The van der Waals surface area contributed by atoms with Gasteiger partial charge >= 0.3 is 0 Å². The zero-order valence-corrected chi connectivity index (χ0v) is 11.2. The average molecular weight is 334 g/mol. The zero-order chi connectivity index (χ0) is 11.4. The molecule has 0 amide bonds. The second-order valence-electron chi connectivity index (χ2n) is 3.10. The third-order valence-electron chi connectivity index (χ3n) is 1.57. The lowest BCUT2D eigenvalue weighted by Gasteiger charge is -2.05. The Balaban J connectivity index is 3.22. The van der Waals surface area contributed by atoms with Gasteiger partial charge in [0.1, 0.15) is 6.07 Å². The molecule has 0 fully saturated rings. The molecule has 0 bridgehead atoms. The molecule has 0 aliphatic carbocycles. The molecule has 0 saturated heterocycles. The number of rotatable bonds is 2. The smallest absolute Gasteiger partial charge is 0.103 e.